The summed E-state index contributed by atoms with van der Waals surface area (Å²) < 4.78 is 0. The van der Waals surface area contributed by atoms with Crippen LogP contribution in [0.4, 0.5) is 0 Å². The number of hydrogen-bond donors (Lipinski definition) is 1. The molecule has 0 aromatic rings. The quantitative estimate of drug-likeness (QED) is 0.619. The van der Waals surface area contributed by atoms with E-state index in [2.05, 4.69) is 11.4 Å². The van der Waals surface area contributed by atoms with Gasteiger partial charge in [-0.2, -0.15) is 0 Å². The van der Waals surface area contributed by atoms with Crippen LogP contribution in [-0.2, 0) is 0 Å². The molecular formula is C5H13AsO. The molecule has 0 aliphatic carbocycles. The molecule has 0 aliphatic heterocycles. The van der Waals surface area contributed by atoms with E-state index >= 15 is 0 Å². The normalized spacial score (nSPS) is 10.3. The molecule has 0 heterocycles. The first kappa shape index (κ1) is 7.52. The Morgan fingerprint density at radius 1 is 1.43 bits per heavy atom. The fraction of sp³-hybridized carbons (Fsp3) is 1.00. The predicted octanol–water partition coefficient (Wildman–Crippen LogP) is 1.12. The second-order valence-corrected chi connectivity index (χ2v) is 7.35. The van der Waals surface area contributed by atoms with Crippen molar-refractivity contribution in [2.45, 2.75) is 23.1 Å². The molecule has 2 heteroatoms. The Morgan fingerprint density at radius 2 is 2.00 bits per heavy atom. The molecule has 0 unspecified atom stereocenters. The SMILES string of the molecule is C[As](C)CCCO. The average molecular weight is 164 g/mol. The Bertz CT molecular complexity index is 37.1. The van der Waals surface area contributed by atoms with Gasteiger partial charge in [-0.1, -0.05) is 0 Å². The Morgan fingerprint density at radius 3 is 2.14 bits per heavy atom. The first-order valence-electron chi connectivity index (χ1n) is 2.53. The molecular weight excluding hydrogens is 151 g/mol. The van der Waals surface area contributed by atoms with Gasteiger partial charge in [-0.05, 0) is 0 Å². The van der Waals surface area contributed by atoms with Crippen LogP contribution in [0.2, 0.25) is 16.6 Å². The van der Waals surface area contributed by atoms with Crippen molar-refractivity contribution in [3.8, 4) is 0 Å². The number of aliphatic hydroxyl groups is 1. The van der Waals surface area contributed by atoms with Crippen LogP contribution in [-0.4, -0.2) is 26.4 Å². The third-order valence-corrected chi connectivity index (χ3v) is 3.30. The summed E-state index contributed by atoms with van der Waals surface area (Å²) in [4.78, 5) is 0. The van der Waals surface area contributed by atoms with E-state index in [0.29, 0.717) is 6.61 Å². The zero-order valence-corrected chi connectivity index (χ0v) is 6.89. The zero-order valence-electron chi connectivity index (χ0n) is 5.02. The van der Waals surface area contributed by atoms with E-state index in [9.17, 15) is 0 Å². The van der Waals surface area contributed by atoms with Gasteiger partial charge in [0.1, 0.15) is 0 Å². The second-order valence-electron chi connectivity index (χ2n) is 1.88. The molecule has 0 rings (SSSR count). The fourth-order valence-electron chi connectivity index (χ4n) is 0.387. The van der Waals surface area contributed by atoms with Crippen molar-refractivity contribution in [2.75, 3.05) is 6.61 Å². The zero-order chi connectivity index (χ0) is 5.70. The van der Waals surface area contributed by atoms with Crippen molar-refractivity contribution in [3.63, 3.8) is 0 Å². The van der Waals surface area contributed by atoms with Gasteiger partial charge in [-0.15, -0.1) is 0 Å². The second kappa shape index (κ2) is 4.67. The van der Waals surface area contributed by atoms with E-state index in [1.807, 2.05) is 0 Å². The van der Waals surface area contributed by atoms with Gasteiger partial charge in [0.2, 0.25) is 0 Å². The predicted molar refractivity (Wildman–Crippen MR) is 34.0 cm³/mol. The van der Waals surface area contributed by atoms with E-state index in [1.165, 1.54) is 5.21 Å². The van der Waals surface area contributed by atoms with E-state index in [-0.39, 0.29) is 0 Å². The van der Waals surface area contributed by atoms with Crippen LogP contribution in [0.1, 0.15) is 6.42 Å². The van der Waals surface area contributed by atoms with E-state index in [4.69, 9.17) is 5.11 Å². The maximum atomic E-state index is 8.34. The molecule has 0 aliphatic rings. The van der Waals surface area contributed by atoms with Crippen LogP contribution in [0.5, 0.6) is 0 Å². The summed E-state index contributed by atoms with van der Waals surface area (Å²) in [6, 6.07) is 0. The third-order valence-electron chi connectivity index (χ3n) is 0.763. The summed E-state index contributed by atoms with van der Waals surface area (Å²) >= 11 is -0.403. The molecule has 0 amide bonds. The minimum absolute atomic E-state index is 0.382. The molecule has 0 saturated carbocycles. The summed E-state index contributed by atoms with van der Waals surface area (Å²) in [5.41, 5.74) is 4.62. The van der Waals surface area contributed by atoms with Crippen LogP contribution in [0.15, 0.2) is 0 Å². The van der Waals surface area contributed by atoms with Crippen molar-refractivity contribution in [3.05, 3.63) is 0 Å². The Balaban J connectivity index is 2.68. The van der Waals surface area contributed by atoms with Crippen molar-refractivity contribution < 1.29 is 5.11 Å². The van der Waals surface area contributed by atoms with Gasteiger partial charge < -0.3 is 0 Å². The monoisotopic (exact) mass is 164 g/mol. The molecule has 1 nitrogen and oxygen atoms in total. The fourth-order valence-corrected chi connectivity index (χ4v) is 2.01. The van der Waals surface area contributed by atoms with Crippen molar-refractivity contribution in [1.29, 1.82) is 0 Å². The van der Waals surface area contributed by atoms with E-state index in [1.54, 1.807) is 0 Å². The van der Waals surface area contributed by atoms with Gasteiger partial charge >= 0.3 is 49.4 Å². The summed E-state index contributed by atoms with van der Waals surface area (Å²) in [7, 11) is 0. The van der Waals surface area contributed by atoms with Crippen LogP contribution in [0, 0.1) is 0 Å². The van der Waals surface area contributed by atoms with Gasteiger partial charge in [0.15, 0.2) is 0 Å². The number of rotatable bonds is 3. The topological polar surface area (TPSA) is 20.2 Å². The molecule has 44 valence electrons. The van der Waals surface area contributed by atoms with Crippen LogP contribution in [0.3, 0.4) is 0 Å². The van der Waals surface area contributed by atoms with Gasteiger partial charge in [-0.3, -0.25) is 0 Å². The van der Waals surface area contributed by atoms with E-state index < -0.39 is 14.7 Å². The van der Waals surface area contributed by atoms with Gasteiger partial charge in [0.25, 0.3) is 0 Å². The molecule has 0 aromatic carbocycles. The minimum atomic E-state index is -0.403. The summed E-state index contributed by atoms with van der Waals surface area (Å²) in [6.07, 6.45) is 1.02. The first-order valence-corrected chi connectivity index (χ1v) is 7.61. The van der Waals surface area contributed by atoms with Crippen molar-refractivity contribution >= 4 is 14.7 Å². The standard InChI is InChI=1S/C5H13AsO/c1-6(2)4-3-5-7/h7H,3-5H2,1-2H3. The number of aliphatic hydroxyl groups excluding tert-OH is 1. The Labute approximate surface area is 50.0 Å². The third kappa shape index (κ3) is 6.52. The summed E-state index contributed by atoms with van der Waals surface area (Å²) in [5, 5.41) is 9.63. The van der Waals surface area contributed by atoms with Crippen LogP contribution in [0.25, 0.3) is 0 Å². The Kier molecular flexibility index (Phi) is 5.02. The molecule has 0 radical (unpaired) electrons. The molecule has 0 fully saturated rings. The molecule has 1 N–H and O–H groups in total. The van der Waals surface area contributed by atoms with Crippen molar-refractivity contribution in [2.24, 2.45) is 0 Å². The van der Waals surface area contributed by atoms with Gasteiger partial charge in [-0.25, -0.2) is 0 Å². The molecule has 0 aromatic heterocycles. The Hall–Kier alpha value is 0.518. The van der Waals surface area contributed by atoms with Crippen molar-refractivity contribution in [1.82, 2.24) is 0 Å². The molecule has 0 saturated heterocycles. The van der Waals surface area contributed by atoms with Gasteiger partial charge in [0.05, 0.1) is 0 Å². The number of hydrogen-bond acceptors (Lipinski definition) is 1. The molecule has 0 atom stereocenters. The van der Waals surface area contributed by atoms with Crippen LogP contribution >= 0.6 is 0 Å². The van der Waals surface area contributed by atoms with Gasteiger partial charge in [0, 0.05) is 0 Å². The first-order chi connectivity index (χ1) is 3.27. The maximum absolute atomic E-state index is 8.34. The average Bonchev–Trinajstić information content (AvgIpc) is 1.61. The molecule has 0 bridgehead atoms. The summed E-state index contributed by atoms with van der Waals surface area (Å²) in [6.45, 7) is 0.382. The molecule has 0 spiro atoms. The van der Waals surface area contributed by atoms with Crippen LogP contribution < -0.4 is 0 Å². The molecule has 7 heavy (non-hydrogen) atoms. The summed E-state index contributed by atoms with van der Waals surface area (Å²) in [5.74, 6) is 0. The van der Waals surface area contributed by atoms with E-state index in [0.717, 1.165) is 6.42 Å².